The molecule has 126 valence electrons. The highest BCUT2D eigenvalue weighted by molar-refractivity contribution is 7.99. The van der Waals surface area contributed by atoms with Crippen molar-refractivity contribution in [3.63, 3.8) is 0 Å². The topological polar surface area (TPSA) is 86.1 Å². The summed E-state index contributed by atoms with van der Waals surface area (Å²) in [6, 6.07) is 9.63. The van der Waals surface area contributed by atoms with E-state index in [1.165, 1.54) is 11.8 Å². The molecule has 0 spiro atoms. The number of imide groups is 1. The van der Waals surface area contributed by atoms with Crippen molar-refractivity contribution < 1.29 is 14.3 Å². The summed E-state index contributed by atoms with van der Waals surface area (Å²) in [7, 11) is 0. The van der Waals surface area contributed by atoms with Crippen molar-refractivity contribution in [3.8, 4) is 11.4 Å². The normalized spacial score (nSPS) is 10.2. The largest absolute Gasteiger partial charge is 0.450 e. The molecular formula is C16H18N4O3S. The smallest absolute Gasteiger partial charge is 0.413 e. The second-order valence-corrected chi connectivity index (χ2v) is 5.57. The molecule has 0 saturated carbocycles. The molecule has 0 radical (unpaired) electrons. The lowest BCUT2D eigenvalue weighted by Gasteiger charge is -2.07. The minimum absolute atomic E-state index is 0.0306. The number of rotatable bonds is 7. The van der Waals surface area contributed by atoms with Crippen molar-refractivity contribution in [1.82, 2.24) is 20.1 Å². The van der Waals surface area contributed by atoms with E-state index < -0.39 is 12.0 Å². The molecule has 1 N–H and O–H groups in total. The summed E-state index contributed by atoms with van der Waals surface area (Å²) in [5.41, 5.74) is 0.926. The number of nitrogens with zero attached hydrogens (tertiary/aromatic N) is 3. The molecule has 0 aliphatic heterocycles. The van der Waals surface area contributed by atoms with Gasteiger partial charge in [-0.2, -0.15) is 0 Å². The number of ether oxygens (including phenoxy) is 1. The summed E-state index contributed by atoms with van der Waals surface area (Å²) in [6.45, 7) is 6.13. The van der Waals surface area contributed by atoms with Crippen LogP contribution >= 0.6 is 11.8 Å². The summed E-state index contributed by atoms with van der Waals surface area (Å²) in [6.07, 6.45) is 0.985. The number of nitrogens with one attached hydrogen (secondary N) is 1. The average Bonchev–Trinajstić information content (AvgIpc) is 2.97. The van der Waals surface area contributed by atoms with Crippen LogP contribution in [-0.4, -0.2) is 39.1 Å². The molecule has 0 aliphatic rings. The molecule has 7 nitrogen and oxygen atoms in total. The zero-order valence-corrected chi connectivity index (χ0v) is 14.1. The van der Waals surface area contributed by atoms with Crippen LogP contribution in [0.2, 0.25) is 0 Å². The Bertz CT molecular complexity index is 715. The molecule has 24 heavy (non-hydrogen) atoms. The van der Waals surface area contributed by atoms with Crippen LogP contribution in [0.4, 0.5) is 4.79 Å². The van der Waals surface area contributed by atoms with E-state index in [9.17, 15) is 9.59 Å². The zero-order chi connectivity index (χ0) is 17.4. The van der Waals surface area contributed by atoms with E-state index in [-0.39, 0.29) is 12.4 Å². The first-order valence-electron chi connectivity index (χ1n) is 7.34. The number of carbonyl (C=O) groups excluding carboxylic acids is 2. The van der Waals surface area contributed by atoms with Gasteiger partial charge in [-0.3, -0.25) is 14.7 Å². The fourth-order valence-electron chi connectivity index (χ4n) is 1.94. The lowest BCUT2D eigenvalue weighted by molar-refractivity contribution is -0.117. The minimum Gasteiger partial charge on any atom is -0.450 e. The third kappa shape index (κ3) is 4.69. The van der Waals surface area contributed by atoms with E-state index in [1.54, 1.807) is 13.0 Å². The summed E-state index contributed by atoms with van der Waals surface area (Å²) in [5.74, 6) is 0.278. The Morgan fingerprint density at radius 3 is 2.75 bits per heavy atom. The predicted molar refractivity (Wildman–Crippen MR) is 91.5 cm³/mol. The number of carbonyl (C=O) groups is 2. The Morgan fingerprint density at radius 2 is 2.08 bits per heavy atom. The van der Waals surface area contributed by atoms with Crippen molar-refractivity contribution in [2.24, 2.45) is 0 Å². The third-order valence-corrected chi connectivity index (χ3v) is 3.88. The van der Waals surface area contributed by atoms with Crippen LogP contribution in [-0.2, 0) is 16.1 Å². The SMILES string of the molecule is C=CCn1c(SCC(=O)NC(=O)OCC)nnc1-c1ccccc1. The van der Waals surface area contributed by atoms with Gasteiger partial charge in [-0.05, 0) is 6.92 Å². The lowest BCUT2D eigenvalue weighted by Crippen LogP contribution is -2.32. The first-order chi connectivity index (χ1) is 11.7. The first kappa shape index (κ1) is 17.7. The van der Waals surface area contributed by atoms with E-state index in [4.69, 9.17) is 0 Å². The molecule has 0 unspecified atom stereocenters. The van der Waals surface area contributed by atoms with Gasteiger partial charge in [-0.15, -0.1) is 16.8 Å². The second-order valence-electron chi connectivity index (χ2n) is 4.63. The molecular weight excluding hydrogens is 328 g/mol. The zero-order valence-electron chi connectivity index (χ0n) is 13.3. The molecule has 1 heterocycles. The highest BCUT2D eigenvalue weighted by Gasteiger charge is 2.15. The second kappa shape index (κ2) is 8.88. The fraction of sp³-hybridized carbons (Fsp3) is 0.250. The van der Waals surface area contributed by atoms with Gasteiger partial charge in [0.1, 0.15) is 0 Å². The molecule has 0 atom stereocenters. The Balaban J connectivity index is 2.08. The molecule has 2 aromatic rings. The van der Waals surface area contributed by atoms with E-state index in [0.29, 0.717) is 17.5 Å². The monoisotopic (exact) mass is 346 g/mol. The van der Waals surface area contributed by atoms with Gasteiger partial charge in [0.25, 0.3) is 0 Å². The number of allylic oxidation sites excluding steroid dienone is 1. The molecule has 2 rings (SSSR count). The molecule has 0 fully saturated rings. The molecule has 0 saturated heterocycles. The van der Waals surface area contributed by atoms with Crippen LogP contribution in [0.1, 0.15) is 6.92 Å². The molecule has 1 aromatic carbocycles. The van der Waals surface area contributed by atoms with Gasteiger partial charge in [-0.1, -0.05) is 48.2 Å². The molecule has 1 aromatic heterocycles. The Kier molecular flexibility index (Phi) is 6.56. The highest BCUT2D eigenvalue weighted by atomic mass is 32.2. The van der Waals surface area contributed by atoms with Crippen LogP contribution in [0.25, 0.3) is 11.4 Å². The molecule has 8 heteroatoms. The Morgan fingerprint density at radius 1 is 1.33 bits per heavy atom. The van der Waals surface area contributed by atoms with Crippen LogP contribution in [0, 0.1) is 0 Å². The van der Waals surface area contributed by atoms with Crippen LogP contribution in [0.3, 0.4) is 0 Å². The van der Waals surface area contributed by atoms with Gasteiger partial charge >= 0.3 is 6.09 Å². The van der Waals surface area contributed by atoms with Gasteiger partial charge in [0.15, 0.2) is 11.0 Å². The van der Waals surface area contributed by atoms with Gasteiger partial charge in [0, 0.05) is 12.1 Å². The maximum absolute atomic E-state index is 11.7. The number of hydrogen-bond donors (Lipinski definition) is 1. The van der Waals surface area contributed by atoms with E-state index in [0.717, 1.165) is 5.56 Å². The molecule has 2 amide bonds. The quantitative estimate of drug-likeness (QED) is 0.612. The summed E-state index contributed by atoms with van der Waals surface area (Å²) >= 11 is 1.19. The van der Waals surface area contributed by atoms with E-state index in [2.05, 4.69) is 26.8 Å². The number of alkyl carbamates (subject to hydrolysis) is 1. The summed E-state index contributed by atoms with van der Waals surface area (Å²) in [4.78, 5) is 23.0. The summed E-state index contributed by atoms with van der Waals surface area (Å²) < 4.78 is 6.53. The molecule has 0 aliphatic carbocycles. The van der Waals surface area contributed by atoms with Gasteiger partial charge in [-0.25, -0.2) is 4.79 Å². The van der Waals surface area contributed by atoms with Gasteiger partial charge in [0.05, 0.1) is 12.4 Å². The number of aromatic nitrogens is 3. The maximum atomic E-state index is 11.7. The summed E-state index contributed by atoms with van der Waals surface area (Å²) in [5, 5.41) is 11.0. The predicted octanol–water partition coefficient (Wildman–Crippen LogP) is 2.50. The minimum atomic E-state index is -0.749. The lowest BCUT2D eigenvalue weighted by atomic mass is 10.2. The van der Waals surface area contributed by atoms with Crippen molar-refractivity contribution in [1.29, 1.82) is 0 Å². The fourth-order valence-corrected chi connectivity index (χ4v) is 2.68. The number of amides is 2. The van der Waals surface area contributed by atoms with Crippen molar-refractivity contribution in [2.75, 3.05) is 12.4 Å². The van der Waals surface area contributed by atoms with Crippen LogP contribution < -0.4 is 5.32 Å². The maximum Gasteiger partial charge on any atom is 0.413 e. The van der Waals surface area contributed by atoms with E-state index in [1.807, 2.05) is 34.9 Å². The van der Waals surface area contributed by atoms with Crippen molar-refractivity contribution in [3.05, 3.63) is 43.0 Å². The number of benzene rings is 1. The van der Waals surface area contributed by atoms with Gasteiger partial charge in [0.2, 0.25) is 5.91 Å². The standard InChI is InChI=1S/C16H18N4O3S/c1-3-10-20-14(12-8-6-5-7-9-12)18-19-15(20)24-11-13(21)17-16(22)23-4-2/h3,5-9H,1,4,10-11H2,2H3,(H,17,21,22). The average molecular weight is 346 g/mol. The van der Waals surface area contributed by atoms with E-state index >= 15 is 0 Å². The van der Waals surface area contributed by atoms with Crippen molar-refractivity contribution in [2.45, 2.75) is 18.6 Å². The molecule has 0 bridgehead atoms. The number of thioether (sulfide) groups is 1. The van der Waals surface area contributed by atoms with Gasteiger partial charge < -0.3 is 4.74 Å². The Hall–Kier alpha value is -2.61. The first-order valence-corrected chi connectivity index (χ1v) is 8.33. The highest BCUT2D eigenvalue weighted by Crippen LogP contribution is 2.23. The van der Waals surface area contributed by atoms with Crippen LogP contribution in [0.5, 0.6) is 0 Å². The third-order valence-electron chi connectivity index (χ3n) is 2.91. The Labute approximate surface area is 144 Å². The number of hydrogen-bond acceptors (Lipinski definition) is 6. The van der Waals surface area contributed by atoms with Crippen molar-refractivity contribution >= 4 is 23.8 Å². The van der Waals surface area contributed by atoms with Crippen LogP contribution in [0.15, 0.2) is 48.1 Å².